The fourth-order valence-corrected chi connectivity index (χ4v) is 4.41. The Bertz CT molecular complexity index is 489. The van der Waals surface area contributed by atoms with Crippen LogP contribution in [0.2, 0.25) is 0 Å². The monoisotopic (exact) mass is 293 g/mol. The third-order valence-electron chi connectivity index (χ3n) is 4.47. The summed E-state index contributed by atoms with van der Waals surface area (Å²) in [6.07, 6.45) is 1.28. The highest BCUT2D eigenvalue weighted by molar-refractivity contribution is 7.99. The molecule has 1 N–H and O–H groups in total. The molecular formula is C16H23NO2S. The van der Waals surface area contributed by atoms with Gasteiger partial charge in [-0.15, -0.1) is 0 Å². The van der Waals surface area contributed by atoms with Crippen LogP contribution >= 0.6 is 11.8 Å². The number of rotatable bonds is 3. The number of hydrogen-bond acceptors (Lipinski definition) is 4. The molecular weight excluding hydrogens is 270 g/mol. The van der Waals surface area contributed by atoms with Crippen LogP contribution in [0.4, 0.5) is 0 Å². The number of benzene rings is 1. The summed E-state index contributed by atoms with van der Waals surface area (Å²) in [5, 5.41) is 3.80. The summed E-state index contributed by atoms with van der Waals surface area (Å²) in [6, 6.07) is 7.13. The van der Waals surface area contributed by atoms with Crippen molar-refractivity contribution in [2.24, 2.45) is 5.41 Å². The van der Waals surface area contributed by atoms with Crippen molar-refractivity contribution >= 4 is 11.8 Å². The first-order valence-electron chi connectivity index (χ1n) is 7.29. The van der Waals surface area contributed by atoms with Crippen LogP contribution in [0.5, 0.6) is 11.5 Å². The predicted octanol–water partition coefficient (Wildman–Crippen LogP) is 3.60. The number of hydrogen-bond donors (Lipinski definition) is 1. The molecule has 4 heteroatoms. The molecule has 0 bridgehead atoms. The smallest absolute Gasteiger partial charge is 0.231 e. The van der Waals surface area contributed by atoms with Crippen LogP contribution in [-0.4, -0.2) is 24.3 Å². The molecule has 1 aromatic carbocycles. The molecule has 0 saturated carbocycles. The highest BCUT2D eigenvalue weighted by Crippen LogP contribution is 2.37. The fraction of sp³-hybridized carbons (Fsp3) is 0.625. The van der Waals surface area contributed by atoms with Gasteiger partial charge in [0, 0.05) is 17.8 Å². The minimum Gasteiger partial charge on any atom is -0.454 e. The maximum Gasteiger partial charge on any atom is 0.231 e. The first-order valence-corrected chi connectivity index (χ1v) is 8.45. The fourth-order valence-electron chi connectivity index (χ4n) is 2.79. The maximum absolute atomic E-state index is 5.47. The van der Waals surface area contributed by atoms with Crippen LogP contribution in [-0.2, 0) is 0 Å². The van der Waals surface area contributed by atoms with E-state index in [1.54, 1.807) is 0 Å². The zero-order chi connectivity index (χ0) is 14.2. The third-order valence-corrected chi connectivity index (χ3v) is 5.53. The number of fused-ring (bicyclic) bond motifs is 1. The van der Waals surface area contributed by atoms with E-state index in [4.69, 9.17) is 9.47 Å². The first kappa shape index (κ1) is 14.1. The van der Waals surface area contributed by atoms with E-state index in [1.807, 2.05) is 6.07 Å². The maximum atomic E-state index is 5.47. The van der Waals surface area contributed by atoms with Crippen LogP contribution in [0.15, 0.2) is 18.2 Å². The van der Waals surface area contributed by atoms with Gasteiger partial charge in [-0.3, -0.25) is 0 Å². The Morgan fingerprint density at radius 2 is 2.10 bits per heavy atom. The Balaban J connectivity index is 1.71. The van der Waals surface area contributed by atoms with Crippen molar-refractivity contribution in [3.8, 4) is 11.5 Å². The van der Waals surface area contributed by atoms with E-state index in [1.165, 1.54) is 23.5 Å². The average molecular weight is 293 g/mol. The normalized spacial score (nSPS) is 25.4. The van der Waals surface area contributed by atoms with Crippen LogP contribution in [0, 0.1) is 5.41 Å². The molecule has 110 valence electrons. The zero-order valence-corrected chi connectivity index (χ0v) is 13.3. The van der Waals surface area contributed by atoms with Gasteiger partial charge in [-0.2, -0.15) is 11.8 Å². The molecule has 20 heavy (non-hydrogen) atoms. The van der Waals surface area contributed by atoms with Crippen molar-refractivity contribution in [1.82, 2.24) is 5.32 Å². The second kappa shape index (κ2) is 5.49. The summed E-state index contributed by atoms with van der Waals surface area (Å²) in [5.41, 5.74) is 1.64. The van der Waals surface area contributed by atoms with E-state index >= 15 is 0 Å². The molecule has 2 unspecified atom stereocenters. The van der Waals surface area contributed by atoms with Gasteiger partial charge < -0.3 is 14.8 Å². The van der Waals surface area contributed by atoms with E-state index in [0.717, 1.165) is 11.5 Å². The van der Waals surface area contributed by atoms with Crippen LogP contribution in [0.1, 0.15) is 38.8 Å². The second-order valence-corrected chi connectivity index (χ2v) is 7.52. The van der Waals surface area contributed by atoms with E-state index < -0.39 is 0 Å². The molecule has 0 amide bonds. The van der Waals surface area contributed by atoms with E-state index in [0.29, 0.717) is 24.3 Å². The molecule has 3 nitrogen and oxygen atoms in total. The summed E-state index contributed by atoms with van der Waals surface area (Å²) >= 11 is 2.06. The Kier molecular flexibility index (Phi) is 3.87. The Morgan fingerprint density at radius 3 is 2.90 bits per heavy atom. The average Bonchev–Trinajstić information content (AvgIpc) is 2.88. The van der Waals surface area contributed by atoms with Gasteiger partial charge in [-0.25, -0.2) is 0 Å². The van der Waals surface area contributed by atoms with Gasteiger partial charge in [0.1, 0.15) is 0 Å². The van der Waals surface area contributed by atoms with Crippen LogP contribution in [0.3, 0.4) is 0 Å². The van der Waals surface area contributed by atoms with Crippen molar-refractivity contribution in [2.45, 2.75) is 39.3 Å². The van der Waals surface area contributed by atoms with E-state index in [9.17, 15) is 0 Å². The highest BCUT2D eigenvalue weighted by atomic mass is 32.2. The van der Waals surface area contributed by atoms with Crippen LogP contribution in [0.25, 0.3) is 0 Å². The Hall–Kier alpha value is -0.870. The van der Waals surface area contributed by atoms with Gasteiger partial charge in [-0.05, 0) is 42.2 Å². The molecule has 1 aromatic rings. The third kappa shape index (κ3) is 2.77. The minimum atomic E-state index is 0.326. The summed E-state index contributed by atoms with van der Waals surface area (Å²) < 4.78 is 10.8. The van der Waals surface area contributed by atoms with Crippen LogP contribution < -0.4 is 14.8 Å². The highest BCUT2D eigenvalue weighted by Gasteiger charge is 2.33. The lowest BCUT2D eigenvalue weighted by Crippen LogP contribution is -2.47. The van der Waals surface area contributed by atoms with Gasteiger partial charge in [0.15, 0.2) is 11.5 Å². The molecule has 2 atom stereocenters. The summed E-state index contributed by atoms with van der Waals surface area (Å²) in [5.74, 6) is 4.20. The van der Waals surface area contributed by atoms with Gasteiger partial charge in [0.2, 0.25) is 6.79 Å². The van der Waals surface area contributed by atoms with Crippen molar-refractivity contribution < 1.29 is 9.47 Å². The van der Waals surface area contributed by atoms with Gasteiger partial charge >= 0.3 is 0 Å². The van der Waals surface area contributed by atoms with Crippen molar-refractivity contribution in [2.75, 3.05) is 18.3 Å². The summed E-state index contributed by atoms with van der Waals surface area (Å²) in [4.78, 5) is 0. The molecule has 2 aliphatic heterocycles. The topological polar surface area (TPSA) is 30.5 Å². The molecule has 2 aliphatic rings. The van der Waals surface area contributed by atoms with Gasteiger partial charge in [0.25, 0.3) is 0 Å². The molecule has 0 aliphatic carbocycles. The number of ether oxygens (including phenoxy) is 2. The largest absolute Gasteiger partial charge is 0.454 e. The lowest BCUT2D eigenvalue weighted by molar-refractivity contribution is 0.174. The van der Waals surface area contributed by atoms with Crippen molar-refractivity contribution in [1.29, 1.82) is 0 Å². The second-order valence-electron chi connectivity index (χ2n) is 6.37. The van der Waals surface area contributed by atoms with Gasteiger partial charge in [0.05, 0.1) is 0 Å². The molecule has 1 saturated heterocycles. The van der Waals surface area contributed by atoms with E-state index in [2.05, 4.69) is 50.0 Å². The Labute approximate surface area is 125 Å². The summed E-state index contributed by atoms with van der Waals surface area (Å²) in [7, 11) is 0. The molecule has 0 spiro atoms. The lowest BCUT2D eigenvalue weighted by atomic mass is 9.81. The van der Waals surface area contributed by atoms with Gasteiger partial charge in [-0.1, -0.05) is 19.9 Å². The molecule has 2 heterocycles. The number of thioether (sulfide) groups is 1. The van der Waals surface area contributed by atoms with Crippen molar-refractivity contribution in [3.05, 3.63) is 23.8 Å². The molecule has 3 rings (SSSR count). The number of nitrogens with one attached hydrogen (secondary N) is 1. The molecule has 0 radical (unpaired) electrons. The first-order chi connectivity index (χ1) is 9.56. The molecule has 0 aromatic heterocycles. The molecule has 1 fully saturated rings. The summed E-state index contributed by atoms with van der Waals surface area (Å²) in [6.45, 7) is 7.31. The Morgan fingerprint density at radius 1 is 1.30 bits per heavy atom. The zero-order valence-electron chi connectivity index (χ0n) is 12.4. The standard InChI is InChI=1S/C16H23NO2S/c1-11(17-15-9-20-7-6-16(15,2)3)12-4-5-13-14(8-12)19-10-18-13/h4-5,8,11,15,17H,6-7,9-10H2,1-3H3. The lowest BCUT2D eigenvalue weighted by Gasteiger charge is -2.40. The quantitative estimate of drug-likeness (QED) is 0.922. The minimum absolute atomic E-state index is 0.326. The SMILES string of the molecule is CC(NC1CSCCC1(C)C)c1ccc2c(c1)OCO2. The predicted molar refractivity (Wildman–Crippen MR) is 83.6 cm³/mol. The van der Waals surface area contributed by atoms with Crippen molar-refractivity contribution in [3.63, 3.8) is 0 Å². The van der Waals surface area contributed by atoms with E-state index in [-0.39, 0.29) is 0 Å².